The lowest BCUT2D eigenvalue weighted by Gasteiger charge is -2.44. The van der Waals surface area contributed by atoms with Crippen molar-refractivity contribution in [3.63, 3.8) is 0 Å². The highest BCUT2D eigenvalue weighted by molar-refractivity contribution is 6.30. The zero-order chi connectivity index (χ0) is 25.5. The highest BCUT2D eigenvalue weighted by Gasteiger charge is 2.56. The first-order valence-corrected chi connectivity index (χ1v) is 13.8. The van der Waals surface area contributed by atoms with E-state index in [2.05, 4.69) is 5.32 Å². The minimum Gasteiger partial charge on any atom is -0.449 e. The fourth-order valence-corrected chi connectivity index (χ4v) is 6.15. The molecule has 2 amide bonds. The first kappa shape index (κ1) is 25.5. The Labute approximate surface area is 218 Å². The lowest BCUT2D eigenvalue weighted by atomic mass is 9.72. The molecule has 5 rings (SSSR count). The van der Waals surface area contributed by atoms with Crippen LogP contribution >= 0.6 is 11.6 Å². The van der Waals surface area contributed by atoms with E-state index in [1.54, 1.807) is 11.9 Å². The maximum atomic E-state index is 14.4. The molecule has 2 saturated heterocycles. The number of nitrogens with zero attached hydrogens (tertiary/aromatic N) is 2. The van der Waals surface area contributed by atoms with Crippen LogP contribution in [0.5, 0.6) is 0 Å². The van der Waals surface area contributed by atoms with Crippen molar-refractivity contribution in [2.75, 3.05) is 39.8 Å². The lowest BCUT2D eigenvalue weighted by Crippen LogP contribution is -2.62. The monoisotopic (exact) mass is 515 g/mol. The average molecular weight is 516 g/mol. The molecule has 2 heterocycles. The van der Waals surface area contributed by atoms with Crippen LogP contribution in [0, 0.1) is 17.3 Å². The zero-order valence-electron chi connectivity index (χ0n) is 21.4. The average Bonchev–Trinajstić information content (AvgIpc) is 3.82. The van der Waals surface area contributed by atoms with Crippen molar-refractivity contribution >= 4 is 29.4 Å². The van der Waals surface area contributed by atoms with Crippen LogP contribution in [0.15, 0.2) is 24.3 Å². The predicted molar refractivity (Wildman–Crippen MR) is 138 cm³/mol. The highest BCUT2D eigenvalue weighted by atomic mass is 35.5. The second-order valence-electron chi connectivity index (χ2n) is 11.6. The van der Waals surface area contributed by atoms with Crippen molar-refractivity contribution in [1.82, 2.24) is 15.1 Å². The molecular formula is C28H38ClN3O4. The van der Waals surface area contributed by atoms with E-state index in [4.69, 9.17) is 16.3 Å². The van der Waals surface area contributed by atoms with Gasteiger partial charge in [0.25, 0.3) is 0 Å². The summed E-state index contributed by atoms with van der Waals surface area (Å²) in [6.45, 7) is 4.57. The Morgan fingerprint density at radius 3 is 2.39 bits per heavy atom. The second kappa shape index (κ2) is 9.97. The number of hydrogen-bond donors (Lipinski definition) is 1. The molecule has 1 aromatic carbocycles. The lowest BCUT2D eigenvalue weighted by molar-refractivity contribution is -0.142. The van der Waals surface area contributed by atoms with Crippen LogP contribution in [0.25, 0.3) is 0 Å². The topological polar surface area (TPSA) is 79.0 Å². The molecule has 36 heavy (non-hydrogen) atoms. The summed E-state index contributed by atoms with van der Waals surface area (Å²) in [7, 11) is 1.71. The van der Waals surface area contributed by atoms with E-state index in [1.807, 2.05) is 36.1 Å². The summed E-state index contributed by atoms with van der Waals surface area (Å²) in [5.74, 6) is 0.532. The molecule has 1 aromatic rings. The number of likely N-dealkylation sites (tertiary alicyclic amines) is 1. The van der Waals surface area contributed by atoms with Crippen LogP contribution in [0.1, 0.15) is 63.4 Å². The van der Waals surface area contributed by atoms with Gasteiger partial charge in [-0.1, -0.05) is 43.5 Å². The number of carbonyl (C=O) groups excluding carboxylic acids is 3. The Bertz CT molecular complexity index is 999. The van der Waals surface area contributed by atoms with Gasteiger partial charge in [-0.15, -0.1) is 0 Å². The Kier molecular flexibility index (Phi) is 7.07. The molecule has 2 aliphatic heterocycles. The van der Waals surface area contributed by atoms with Gasteiger partial charge in [-0.05, 0) is 55.7 Å². The summed E-state index contributed by atoms with van der Waals surface area (Å²) in [6.07, 6.45) is 6.01. The van der Waals surface area contributed by atoms with Crippen molar-refractivity contribution in [1.29, 1.82) is 0 Å². The zero-order valence-corrected chi connectivity index (χ0v) is 22.2. The quantitative estimate of drug-likeness (QED) is 0.560. The molecular weight excluding hydrogens is 478 g/mol. The summed E-state index contributed by atoms with van der Waals surface area (Å²) < 4.78 is 5.66. The summed E-state index contributed by atoms with van der Waals surface area (Å²) in [5.41, 5.74) is -0.272. The molecule has 1 N–H and O–H groups in total. The molecule has 0 spiro atoms. The van der Waals surface area contributed by atoms with E-state index < -0.39 is 11.6 Å². The van der Waals surface area contributed by atoms with E-state index in [0.29, 0.717) is 56.6 Å². The molecule has 196 valence electrons. The number of hydrogen-bond acceptors (Lipinski definition) is 5. The number of likely N-dealkylation sites (N-methyl/N-ethyl adjacent to an activating group) is 1. The van der Waals surface area contributed by atoms with E-state index in [-0.39, 0.29) is 28.9 Å². The Balaban J connectivity index is 1.36. The van der Waals surface area contributed by atoms with Crippen molar-refractivity contribution in [3.05, 3.63) is 34.9 Å². The Morgan fingerprint density at radius 1 is 1.11 bits per heavy atom. The third-order valence-corrected chi connectivity index (χ3v) is 9.26. The van der Waals surface area contributed by atoms with Crippen molar-refractivity contribution < 1.29 is 19.1 Å². The number of rotatable bonds is 8. The van der Waals surface area contributed by atoms with Gasteiger partial charge in [0.05, 0.1) is 6.61 Å². The van der Waals surface area contributed by atoms with Gasteiger partial charge in [0.15, 0.2) is 5.78 Å². The van der Waals surface area contributed by atoms with Gasteiger partial charge in [0.1, 0.15) is 5.54 Å². The summed E-state index contributed by atoms with van der Waals surface area (Å²) in [5, 5.41) is 4.04. The Morgan fingerprint density at radius 2 is 1.78 bits per heavy atom. The number of nitrogens with one attached hydrogen (secondary N) is 1. The molecule has 4 aliphatic rings. The molecule has 0 radical (unpaired) electrons. The van der Waals surface area contributed by atoms with Crippen LogP contribution in [0.2, 0.25) is 5.02 Å². The smallest absolute Gasteiger partial charge is 0.410 e. The van der Waals surface area contributed by atoms with Gasteiger partial charge < -0.3 is 15.0 Å². The normalized spacial score (nSPS) is 27.5. The van der Waals surface area contributed by atoms with Gasteiger partial charge in [-0.3, -0.25) is 14.5 Å². The van der Waals surface area contributed by atoms with Crippen LogP contribution < -0.4 is 5.32 Å². The summed E-state index contributed by atoms with van der Waals surface area (Å²) in [6, 6.07) is 7.57. The molecule has 2 saturated carbocycles. The largest absolute Gasteiger partial charge is 0.449 e. The van der Waals surface area contributed by atoms with Crippen LogP contribution in [-0.4, -0.2) is 73.0 Å². The van der Waals surface area contributed by atoms with Crippen LogP contribution in [-0.2, 0) is 14.3 Å². The van der Waals surface area contributed by atoms with Crippen LogP contribution in [0.3, 0.4) is 0 Å². The number of halogens is 1. The van der Waals surface area contributed by atoms with Gasteiger partial charge in [0, 0.05) is 55.5 Å². The van der Waals surface area contributed by atoms with Crippen LogP contribution in [0.4, 0.5) is 4.79 Å². The number of benzene rings is 1. The van der Waals surface area contributed by atoms with Gasteiger partial charge >= 0.3 is 6.09 Å². The first-order chi connectivity index (χ1) is 17.2. The van der Waals surface area contributed by atoms with Gasteiger partial charge in [0.2, 0.25) is 5.91 Å². The van der Waals surface area contributed by atoms with Crippen molar-refractivity contribution in [2.45, 2.75) is 63.3 Å². The SMILES string of the molecule is CN(C(=O)OCCC1CC1)[C@@]1(C(=O)C2CCN(C(=O)C3(C)CC3)CC2)CNC[C@@H]1c1ccc(Cl)cc1. The van der Waals surface area contributed by atoms with Gasteiger partial charge in [-0.2, -0.15) is 0 Å². The number of ketones is 1. The maximum absolute atomic E-state index is 14.4. The second-order valence-corrected chi connectivity index (χ2v) is 12.0. The summed E-state index contributed by atoms with van der Waals surface area (Å²) >= 11 is 6.15. The molecule has 2 atom stereocenters. The maximum Gasteiger partial charge on any atom is 0.410 e. The van der Waals surface area contributed by atoms with E-state index in [1.165, 1.54) is 12.8 Å². The Hall–Kier alpha value is -2.12. The fraction of sp³-hybridized carbons (Fsp3) is 0.679. The van der Waals surface area contributed by atoms with Crippen molar-refractivity contribution in [3.8, 4) is 0 Å². The first-order valence-electron chi connectivity index (χ1n) is 13.4. The van der Waals surface area contributed by atoms with Gasteiger partial charge in [-0.25, -0.2) is 4.79 Å². The molecule has 0 aromatic heterocycles. The number of ether oxygens (including phenoxy) is 1. The third-order valence-electron chi connectivity index (χ3n) is 9.01. The minimum absolute atomic E-state index is 0.0684. The number of amides is 2. The van der Waals surface area contributed by atoms with Crippen molar-refractivity contribution in [2.24, 2.45) is 17.3 Å². The van der Waals surface area contributed by atoms with E-state index in [9.17, 15) is 14.4 Å². The molecule has 2 aliphatic carbocycles. The molecule has 0 unspecified atom stereocenters. The van der Waals surface area contributed by atoms with E-state index in [0.717, 1.165) is 24.8 Å². The number of piperidine rings is 1. The predicted octanol–water partition coefficient (Wildman–Crippen LogP) is 4.24. The fourth-order valence-electron chi connectivity index (χ4n) is 6.02. The molecule has 0 bridgehead atoms. The molecule has 8 heteroatoms. The minimum atomic E-state index is -1.05. The molecule has 4 fully saturated rings. The standard InChI is InChI=1S/C28H38ClN3O4/c1-27(12-13-27)25(34)32-14-9-21(10-15-32)24(33)28(31(2)26(35)36-16-11-19-3-4-19)18-30-17-23(28)20-5-7-22(29)8-6-20/h5-8,19,21,23,30H,3-4,9-18H2,1-2H3/t23-,28+/m1/s1. The summed E-state index contributed by atoms with van der Waals surface area (Å²) in [4.78, 5) is 44.0. The van der Waals surface area contributed by atoms with E-state index >= 15 is 0 Å². The number of Topliss-reactive ketones (excluding diaryl/α,β-unsaturated/α-hetero) is 1. The third kappa shape index (κ3) is 4.89. The highest BCUT2D eigenvalue weighted by Crippen LogP contribution is 2.47. The molecule has 7 nitrogen and oxygen atoms in total. The number of carbonyl (C=O) groups is 3.